The molecule has 1 unspecified atom stereocenters. The summed E-state index contributed by atoms with van der Waals surface area (Å²) in [7, 11) is 3.60. The average Bonchev–Trinajstić information content (AvgIpc) is 2.81. The molecule has 1 heterocycles. The number of nitrogen functional groups attached to an aromatic ring is 1. The highest BCUT2D eigenvalue weighted by Gasteiger charge is 2.31. The molecule has 19 heavy (non-hydrogen) atoms. The molecule has 104 valence electrons. The topological polar surface area (TPSA) is 49.6 Å². The number of amides is 1. The van der Waals surface area contributed by atoms with Gasteiger partial charge in [0.25, 0.3) is 0 Å². The zero-order valence-corrected chi connectivity index (χ0v) is 12.2. The van der Waals surface area contributed by atoms with Crippen LogP contribution < -0.4 is 5.73 Å². The first-order valence-electron chi connectivity index (χ1n) is 6.48. The van der Waals surface area contributed by atoms with Crippen LogP contribution in [-0.2, 0) is 11.3 Å². The molecule has 0 radical (unpaired) electrons. The van der Waals surface area contributed by atoms with Crippen LogP contribution in [0.15, 0.2) is 18.2 Å². The Hall–Kier alpha value is -1.26. The Morgan fingerprint density at radius 1 is 1.53 bits per heavy atom. The van der Waals surface area contributed by atoms with E-state index in [0.717, 1.165) is 30.6 Å². The Kier molecular flexibility index (Phi) is 4.32. The summed E-state index contributed by atoms with van der Waals surface area (Å²) in [6, 6.07) is 5.45. The first-order valence-corrected chi connectivity index (χ1v) is 6.86. The lowest BCUT2D eigenvalue weighted by Crippen LogP contribution is -2.42. The predicted molar refractivity (Wildman–Crippen MR) is 78.0 cm³/mol. The number of benzene rings is 1. The zero-order chi connectivity index (χ0) is 14.0. The molecule has 1 fully saturated rings. The van der Waals surface area contributed by atoms with Gasteiger partial charge in [-0.05, 0) is 43.1 Å². The standard InChI is InChI=1S/C14H20ClN3O/c1-17(2)14(19)13-4-3-7-18(13)9-10-8-11(15)5-6-12(10)16/h5-6,8,13H,3-4,7,9,16H2,1-2H3. The molecule has 1 saturated heterocycles. The highest BCUT2D eigenvalue weighted by molar-refractivity contribution is 6.30. The second-order valence-corrected chi connectivity index (χ2v) is 5.64. The van der Waals surface area contributed by atoms with E-state index >= 15 is 0 Å². The van der Waals surface area contributed by atoms with E-state index in [0.29, 0.717) is 11.6 Å². The molecule has 0 saturated carbocycles. The zero-order valence-electron chi connectivity index (χ0n) is 11.4. The quantitative estimate of drug-likeness (QED) is 0.862. The van der Waals surface area contributed by atoms with E-state index in [-0.39, 0.29) is 11.9 Å². The van der Waals surface area contributed by atoms with Gasteiger partial charge in [0.15, 0.2) is 0 Å². The molecule has 1 aliphatic heterocycles. The SMILES string of the molecule is CN(C)C(=O)C1CCCN1Cc1cc(Cl)ccc1N. The molecule has 1 aromatic carbocycles. The molecule has 2 N–H and O–H groups in total. The fourth-order valence-electron chi connectivity index (χ4n) is 2.52. The van der Waals surface area contributed by atoms with E-state index in [1.54, 1.807) is 25.1 Å². The summed E-state index contributed by atoms with van der Waals surface area (Å²) >= 11 is 6.00. The van der Waals surface area contributed by atoms with Crippen LogP contribution in [0.1, 0.15) is 18.4 Å². The monoisotopic (exact) mass is 281 g/mol. The molecular formula is C14H20ClN3O. The minimum atomic E-state index is -0.0339. The van der Waals surface area contributed by atoms with Crippen LogP contribution in [0.5, 0.6) is 0 Å². The van der Waals surface area contributed by atoms with Crippen LogP contribution in [0.3, 0.4) is 0 Å². The molecule has 1 aromatic rings. The maximum atomic E-state index is 12.1. The summed E-state index contributed by atoms with van der Waals surface area (Å²) in [5.41, 5.74) is 7.69. The molecule has 1 amide bonds. The number of nitrogens with two attached hydrogens (primary N) is 1. The third kappa shape index (κ3) is 3.19. The Balaban J connectivity index is 2.13. The van der Waals surface area contributed by atoms with E-state index in [1.165, 1.54) is 0 Å². The van der Waals surface area contributed by atoms with Gasteiger partial charge in [-0.25, -0.2) is 0 Å². The fourth-order valence-corrected chi connectivity index (χ4v) is 2.72. The Morgan fingerprint density at radius 2 is 2.26 bits per heavy atom. The second-order valence-electron chi connectivity index (χ2n) is 5.20. The van der Waals surface area contributed by atoms with Crippen LogP contribution in [0.4, 0.5) is 5.69 Å². The number of carbonyl (C=O) groups excluding carboxylic acids is 1. The van der Waals surface area contributed by atoms with Crippen molar-refractivity contribution in [1.29, 1.82) is 0 Å². The molecule has 5 heteroatoms. The minimum Gasteiger partial charge on any atom is -0.398 e. The Morgan fingerprint density at radius 3 is 2.95 bits per heavy atom. The maximum Gasteiger partial charge on any atom is 0.239 e. The number of carbonyl (C=O) groups is 1. The number of halogens is 1. The van der Waals surface area contributed by atoms with Crippen LogP contribution in [-0.4, -0.2) is 42.4 Å². The van der Waals surface area contributed by atoms with Gasteiger partial charge in [0, 0.05) is 31.4 Å². The van der Waals surface area contributed by atoms with Gasteiger partial charge >= 0.3 is 0 Å². The summed E-state index contributed by atoms with van der Waals surface area (Å²) in [6.45, 7) is 1.60. The minimum absolute atomic E-state index is 0.0339. The van der Waals surface area contributed by atoms with Crippen molar-refractivity contribution in [2.45, 2.75) is 25.4 Å². The van der Waals surface area contributed by atoms with Gasteiger partial charge in [0.2, 0.25) is 5.91 Å². The Labute approximate surface area is 119 Å². The first kappa shape index (κ1) is 14.2. The summed E-state index contributed by atoms with van der Waals surface area (Å²) in [4.78, 5) is 16.0. The van der Waals surface area contributed by atoms with Gasteiger partial charge in [-0.15, -0.1) is 0 Å². The fraction of sp³-hybridized carbons (Fsp3) is 0.500. The lowest BCUT2D eigenvalue weighted by Gasteiger charge is -2.26. The largest absolute Gasteiger partial charge is 0.398 e. The smallest absolute Gasteiger partial charge is 0.239 e. The van der Waals surface area contributed by atoms with Crippen molar-refractivity contribution in [3.63, 3.8) is 0 Å². The van der Waals surface area contributed by atoms with Crippen molar-refractivity contribution in [2.24, 2.45) is 0 Å². The lowest BCUT2D eigenvalue weighted by molar-refractivity contribution is -0.133. The van der Waals surface area contributed by atoms with Gasteiger partial charge in [-0.3, -0.25) is 9.69 Å². The van der Waals surface area contributed by atoms with E-state index < -0.39 is 0 Å². The van der Waals surface area contributed by atoms with E-state index in [1.807, 2.05) is 12.1 Å². The molecule has 0 aromatic heterocycles. The number of rotatable bonds is 3. The number of hydrogen-bond acceptors (Lipinski definition) is 3. The van der Waals surface area contributed by atoms with Gasteiger partial charge in [-0.1, -0.05) is 11.6 Å². The molecule has 1 aliphatic rings. The summed E-state index contributed by atoms with van der Waals surface area (Å²) in [5.74, 6) is 0.165. The Bertz CT molecular complexity index is 476. The van der Waals surface area contributed by atoms with Gasteiger partial charge in [-0.2, -0.15) is 0 Å². The van der Waals surface area contributed by atoms with Crippen molar-refractivity contribution in [3.05, 3.63) is 28.8 Å². The number of likely N-dealkylation sites (N-methyl/N-ethyl adjacent to an activating group) is 1. The van der Waals surface area contributed by atoms with Gasteiger partial charge in [0.1, 0.15) is 0 Å². The highest BCUT2D eigenvalue weighted by Crippen LogP contribution is 2.25. The molecule has 4 nitrogen and oxygen atoms in total. The van der Waals surface area contributed by atoms with Crippen LogP contribution in [0, 0.1) is 0 Å². The van der Waals surface area contributed by atoms with Gasteiger partial charge in [0.05, 0.1) is 6.04 Å². The highest BCUT2D eigenvalue weighted by atomic mass is 35.5. The average molecular weight is 282 g/mol. The molecule has 0 bridgehead atoms. The molecule has 2 rings (SSSR count). The summed E-state index contributed by atoms with van der Waals surface area (Å²) in [5, 5.41) is 0.680. The van der Waals surface area contributed by atoms with Crippen LogP contribution >= 0.6 is 11.6 Å². The van der Waals surface area contributed by atoms with Crippen molar-refractivity contribution in [2.75, 3.05) is 26.4 Å². The third-order valence-electron chi connectivity index (χ3n) is 3.57. The van der Waals surface area contributed by atoms with E-state index in [2.05, 4.69) is 4.90 Å². The number of hydrogen-bond donors (Lipinski definition) is 1. The van der Waals surface area contributed by atoms with Crippen LogP contribution in [0.2, 0.25) is 5.02 Å². The van der Waals surface area contributed by atoms with Crippen molar-refractivity contribution < 1.29 is 4.79 Å². The molecule has 1 atom stereocenters. The van der Waals surface area contributed by atoms with Crippen molar-refractivity contribution in [1.82, 2.24) is 9.80 Å². The summed E-state index contributed by atoms with van der Waals surface area (Å²) < 4.78 is 0. The van der Waals surface area contributed by atoms with E-state index in [9.17, 15) is 4.79 Å². The lowest BCUT2D eigenvalue weighted by atomic mass is 10.1. The number of likely N-dealkylation sites (tertiary alicyclic amines) is 1. The normalized spacial score (nSPS) is 19.6. The molecular weight excluding hydrogens is 262 g/mol. The summed E-state index contributed by atoms with van der Waals surface area (Å²) in [6.07, 6.45) is 1.96. The second kappa shape index (κ2) is 5.80. The van der Waals surface area contributed by atoms with Crippen molar-refractivity contribution >= 4 is 23.2 Å². The maximum absolute atomic E-state index is 12.1. The van der Waals surface area contributed by atoms with Gasteiger partial charge < -0.3 is 10.6 Å². The van der Waals surface area contributed by atoms with E-state index in [4.69, 9.17) is 17.3 Å². The number of nitrogens with zero attached hydrogens (tertiary/aromatic N) is 2. The van der Waals surface area contributed by atoms with Crippen molar-refractivity contribution in [3.8, 4) is 0 Å². The first-order chi connectivity index (χ1) is 8.99. The van der Waals surface area contributed by atoms with Crippen LogP contribution in [0.25, 0.3) is 0 Å². The third-order valence-corrected chi connectivity index (χ3v) is 3.80. The number of anilines is 1. The molecule has 0 aliphatic carbocycles. The predicted octanol–water partition coefficient (Wildman–Crippen LogP) is 1.97. The molecule has 0 spiro atoms.